The van der Waals surface area contributed by atoms with E-state index in [9.17, 15) is 9.18 Å². The Balaban J connectivity index is 1.45. The number of carbonyl (C=O) groups excluding carboxylic acids is 1. The van der Waals surface area contributed by atoms with Crippen molar-refractivity contribution >= 4 is 23.2 Å². The van der Waals surface area contributed by atoms with E-state index < -0.39 is 0 Å². The quantitative estimate of drug-likeness (QED) is 0.386. The van der Waals surface area contributed by atoms with E-state index in [-0.39, 0.29) is 11.7 Å². The molecule has 172 valence electrons. The molecule has 0 radical (unpaired) electrons. The van der Waals surface area contributed by atoms with E-state index >= 15 is 0 Å². The lowest BCUT2D eigenvalue weighted by molar-refractivity contribution is 0.0737. The molecule has 2 heterocycles. The summed E-state index contributed by atoms with van der Waals surface area (Å²) in [5.41, 5.74) is 4.38. The summed E-state index contributed by atoms with van der Waals surface area (Å²) in [6.07, 6.45) is 0. The summed E-state index contributed by atoms with van der Waals surface area (Å²) in [7, 11) is 0. The zero-order valence-corrected chi connectivity index (χ0v) is 19.5. The number of rotatable bonds is 4. The summed E-state index contributed by atoms with van der Waals surface area (Å²) in [6, 6.07) is 23.9. The second kappa shape index (κ2) is 9.31. The highest BCUT2D eigenvalue weighted by molar-refractivity contribution is 6.33. The second-order valence-corrected chi connectivity index (χ2v) is 8.78. The van der Waals surface area contributed by atoms with Gasteiger partial charge in [-0.1, -0.05) is 59.6 Å². The van der Waals surface area contributed by atoms with Crippen LogP contribution in [0.5, 0.6) is 0 Å². The summed E-state index contributed by atoms with van der Waals surface area (Å²) >= 11 is 6.42. The average Bonchev–Trinajstić information content (AvgIpc) is 3.30. The highest BCUT2D eigenvalue weighted by Crippen LogP contribution is 2.29. The van der Waals surface area contributed by atoms with Crippen molar-refractivity contribution in [2.24, 2.45) is 0 Å². The molecule has 1 aliphatic heterocycles. The van der Waals surface area contributed by atoms with Gasteiger partial charge in [-0.2, -0.15) is 5.10 Å². The Kier molecular flexibility index (Phi) is 6.07. The molecule has 34 heavy (non-hydrogen) atoms. The molecule has 5 nitrogen and oxygen atoms in total. The van der Waals surface area contributed by atoms with Gasteiger partial charge in [0.25, 0.3) is 5.91 Å². The molecule has 3 aromatic carbocycles. The lowest BCUT2D eigenvalue weighted by Gasteiger charge is -2.36. The molecule has 0 N–H and O–H groups in total. The maximum atomic E-state index is 14.2. The van der Waals surface area contributed by atoms with Gasteiger partial charge in [-0.25, -0.2) is 9.07 Å². The lowest BCUT2D eigenvalue weighted by Crippen LogP contribution is -2.49. The number of piperazine rings is 1. The molecule has 0 unspecified atom stereocenters. The molecule has 0 spiro atoms. The summed E-state index contributed by atoms with van der Waals surface area (Å²) in [5.74, 6) is -0.358. The van der Waals surface area contributed by atoms with Gasteiger partial charge >= 0.3 is 0 Å². The molecule has 7 heteroatoms. The number of amides is 1. The molecular weight excluding hydrogens is 451 g/mol. The van der Waals surface area contributed by atoms with Crippen molar-refractivity contribution in [2.75, 3.05) is 31.1 Å². The van der Waals surface area contributed by atoms with Crippen molar-refractivity contribution in [2.45, 2.75) is 6.92 Å². The number of para-hydroxylation sites is 1. The van der Waals surface area contributed by atoms with Crippen LogP contribution in [0.25, 0.3) is 16.9 Å². The minimum absolute atomic E-state index is 0.112. The zero-order valence-electron chi connectivity index (χ0n) is 18.8. The zero-order chi connectivity index (χ0) is 23.7. The third-order valence-electron chi connectivity index (χ3n) is 6.12. The number of hydrogen-bond acceptors (Lipinski definition) is 3. The van der Waals surface area contributed by atoms with Crippen LogP contribution in [0.4, 0.5) is 10.1 Å². The number of anilines is 1. The van der Waals surface area contributed by atoms with Crippen LogP contribution in [0.2, 0.25) is 5.02 Å². The predicted molar refractivity (Wildman–Crippen MR) is 133 cm³/mol. The Morgan fingerprint density at radius 2 is 1.59 bits per heavy atom. The number of aryl methyl sites for hydroxylation is 1. The Morgan fingerprint density at radius 1 is 0.912 bits per heavy atom. The fourth-order valence-electron chi connectivity index (χ4n) is 4.24. The first-order chi connectivity index (χ1) is 16.5. The Hall–Kier alpha value is -3.64. The van der Waals surface area contributed by atoms with Gasteiger partial charge < -0.3 is 9.80 Å². The Bertz CT molecular complexity index is 1330. The SMILES string of the molecule is Cc1ccc(-n2nc(-c3ccccc3Cl)cc2C(=O)N2CCN(c3ccccc3F)CC2)cc1. The summed E-state index contributed by atoms with van der Waals surface area (Å²) in [5, 5.41) is 5.33. The van der Waals surface area contributed by atoms with Gasteiger partial charge in [0.2, 0.25) is 0 Å². The molecule has 1 aromatic heterocycles. The highest BCUT2D eigenvalue weighted by atomic mass is 35.5. The van der Waals surface area contributed by atoms with E-state index in [0.717, 1.165) is 16.8 Å². The van der Waals surface area contributed by atoms with Crippen molar-refractivity contribution < 1.29 is 9.18 Å². The lowest BCUT2D eigenvalue weighted by atomic mass is 10.1. The van der Waals surface area contributed by atoms with Gasteiger partial charge in [-0.3, -0.25) is 4.79 Å². The monoisotopic (exact) mass is 474 g/mol. The predicted octanol–water partition coefficient (Wildman–Crippen LogP) is 5.60. The van der Waals surface area contributed by atoms with E-state index in [1.807, 2.05) is 66.4 Å². The average molecular weight is 475 g/mol. The number of hydrogen-bond donors (Lipinski definition) is 0. The largest absolute Gasteiger partial charge is 0.366 e. The van der Waals surface area contributed by atoms with E-state index in [1.54, 1.807) is 27.8 Å². The third kappa shape index (κ3) is 4.29. The number of carbonyl (C=O) groups is 1. The first kappa shape index (κ1) is 22.2. The molecule has 1 amide bonds. The number of benzene rings is 3. The van der Waals surface area contributed by atoms with Crippen LogP contribution in [0.1, 0.15) is 16.1 Å². The summed E-state index contributed by atoms with van der Waals surface area (Å²) in [6.45, 7) is 4.12. The Labute approximate surface area is 203 Å². The van der Waals surface area contributed by atoms with E-state index in [0.29, 0.717) is 48.3 Å². The molecular formula is C27H24ClFN4O. The van der Waals surface area contributed by atoms with E-state index in [4.69, 9.17) is 16.7 Å². The van der Waals surface area contributed by atoms with Crippen molar-refractivity contribution in [3.05, 3.63) is 101 Å². The standard InChI is InChI=1S/C27H24ClFN4O/c1-19-10-12-20(13-11-19)33-26(18-24(30-33)21-6-2-3-7-22(21)28)27(34)32-16-14-31(15-17-32)25-9-5-4-8-23(25)29/h2-13,18H,14-17H2,1H3. The molecule has 1 aliphatic rings. The van der Waals surface area contributed by atoms with Crippen molar-refractivity contribution in [1.82, 2.24) is 14.7 Å². The highest BCUT2D eigenvalue weighted by Gasteiger charge is 2.27. The molecule has 0 saturated carbocycles. The van der Waals surface area contributed by atoms with Crippen molar-refractivity contribution in [1.29, 1.82) is 0 Å². The van der Waals surface area contributed by atoms with Gasteiger partial charge in [0, 0.05) is 31.7 Å². The fraction of sp³-hybridized carbons (Fsp3) is 0.185. The normalized spacial score (nSPS) is 13.9. The molecule has 0 aliphatic carbocycles. The molecule has 1 fully saturated rings. The van der Waals surface area contributed by atoms with Crippen LogP contribution in [0.15, 0.2) is 78.9 Å². The minimum atomic E-state index is -0.246. The molecule has 4 aromatic rings. The van der Waals surface area contributed by atoms with Gasteiger partial charge in [-0.15, -0.1) is 0 Å². The molecule has 0 atom stereocenters. The maximum Gasteiger partial charge on any atom is 0.272 e. The van der Waals surface area contributed by atoms with Crippen LogP contribution in [0, 0.1) is 12.7 Å². The number of nitrogens with zero attached hydrogens (tertiary/aromatic N) is 4. The van der Waals surface area contributed by atoms with Gasteiger partial charge in [0.1, 0.15) is 11.5 Å². The maximum absolute atomic E-state index is 14.2. The van der Waals surface area contributed by atoms with Gasteiger partial charge in [0.15, 0.2) is 0 Å². The fourth-order valence-corrected chi connectivity index (χ4v) is 4.47. The van der Waals surface area contributed by atoms with E-state index in [2.05, 4.69) is 0 Å². The van der Waals surface area contributed by atoms with Crippen LogP contribution >= 0.6 is 11.6 Å². The summed E-state index contributed by atoms with van der Waals surface area (Å²) < 4.78 is 15.9. The molecule has 1 saturated heterocycles. The van der Waals surface area contributed by atoms with Crippen molar-refractivity contribution in [3.63, 3.8) is 0 Å². The third-order valence-corrected chi connectivity index (χ3v) is 6.45. The second-order valence-electron chi connectivity index (χ2n) is 8.37. The summed E-state index contributed by atoms with van der Waals surface area (Å²) in [4.78, 5) is 17.4. The molecule has 0 bridgehead atoms. The Morgan fingerprint density at radius 3 is 2.29 bits per heavy atom. The van der Waals surface area contributed by atoms with Crippen LogP contribution in [-0.4, -0.2) is 46.8 Å². The van der Waals surface area contributed by atoms with Crippen LogP contribution in [-0.2, 0) is 0 Å². The van der Waals surface area contributed by atoms with Gasteiger partial charge in [-0.05, 0) is 43.3 Å². The molecule has 5 rings (SSSR count). The van der Waals surface area contributed by atoms with Crippen LogP contribution < -0.4 is 4.90 Å². The van der Waals surface area contributed by atoms with E-state index in [1.165, 1.54) is 6.07 Å². The number of halogens is 2. The van der Waals surface area contributed by atoms with Gasteiger partial charge in [0.05, 0.1) is 22.1 Å². The first-order valence-electron chi connectivity index (χ1n) is 11.2. The van der Waals surface area contributed by atoms with Crippen molar-refractivity contribution in [3.8, 4) is 16.9 Å². The topological polar surface area (TPSA) is 41.4 Å². The smallest absolute Gasteiger partial charge is 0.272 e. The first-order valence-corrected chi connectivity index (χ1v) is 11.6. The van der Waals surface area contributed by atoms with Crippen LogP contribution in [0.3, 0.4) is 0 Å². The minimum Gasteiger partial charge on any atom is -0.366 e. The number of aromatic nitrogens is 2.